The molecule has 0 radical (unpaired) electrons. The number of aromatic nitrogens is 2. The third-order valence-electron chi connectivity index (χ3n) is 3.99. The minimum absolute atomic E-state index is 0.0393. The number of hydrogen-bond acceptors (Lipinski definition) is 5. The van der Waals surface area contributed by atoms with Gasteiger partial charge < -0.3 is 14.2 Å². The third-order valence-corrected chi connectivity index (χ3v) is 3.99. The van der Waals surface area contributed by atoms with Crippen LogP contribution in [0.4, 0.5) is 0 Å². The lowest BCUT2D eigenvalue weighted by molar-refractivity contribution is -0.131. The molecule has 0 saturated carbocycles. The Morgan fingerprint density at radius 1 is 1.17 bits per heavy atom. The Balaban J connectivity index is 1.61. The Bertz CT molecular complexity index is 768. The van der Waals surface area contributed by atoms with Gasteiger partial charge in [-0.25, -0.2) is 9.78 Å². The van der Waals surface area contributed by atoms with E-state index in [4.69, 9.17) is 4.42 Å². The standard InChI is InChI=1S/C16H18N4O4/c21-14(11-20-5-1-4-17-16(20)23)18-6-2-7-19(9-8-18)15(22)13-3-10-24-12-13/h1,3-5,10,12H,2,6-9,11H2. The Morgan fingerprint density at radius 2 is 1.96 bits per heavy atom. The molecule has 2 amide bonds. The molecular weight excluding hydrogens is 312 g/mol. The summed E-state index contributed by atoms with van der Waals surface area (Å²) < 4.78 is 6.22. The first-order chi connectivity index (χ1) is 11.6. The van der Waals surface area contributed by atoms with Crippen molar-refractivity contribution in [2.24, 2.45) is 0 Å². The van der Waals surface area contributed by atoms with Crippen LogP contribution in [0.5, 0.6) is 0 Å². The first-order valence-corrected chi connectivity index (χ1v) is 7.76. The highest BCUT2D eigenvalue weighted by atomic mass is 16.3. The van der Waals surface area contributed by atoms with Crippen molar-refractivity contribution < 1.29 is 14.0 Å². The maximum absolute atomic E-state index is 12.4. The zero-order valence-corrected chi connectivity index (χ0v) is 13.1. The molecule has 0 atom stereocenters. The summed E-state index contributed by atoms with van der Waals surface area (Å²) in [5.74, 6) is -0.246. The highest BCUT2D eigenvalue weighted by Gasteiger charge is 2.23. The van der Waals surface area contributed by atoms with Gasteiger partial charge in [-0.05, 0) is 18.6 Å². The van der Waals surface area contributed by atoms with Crippen LogP contribution >= 0.6 is 0 Å². The second kappa shape index (κ2) is 7.12. The van der Waals surface area contributed by atoms with Gasteiger partial charge in [-0.1, -0.05) is 0 Å². The highest BCUT2D eigenvalue weighted by molar-refractivity contribution is 5.93. The first kappa shape index (κ1) is 16.0. The maximum atomic E-state index is 12.4. The van der Waals surface area contributed by atoms with Crippen LogP contribution in [0.2, 0.25) is 0 Å². The van der Waals surface area contributed by atoms with Crippen LogP contribution in [0, 0.1) is 0 Å². The molecule has 24 heavy (non-hydrogen) atoms. The van der Waals surface area contributed by atoms with Crippen molar-refractivity contribution in [3.63, 3.8) is 0 Å². The predicted octanol–water partition coefficient (Wildman–Crippen LogP) is 0.211. The largest absolute Gasteiger partial charge is 0.472 e. The molecule has 0 spiro atoms. The molecule has 0 aromatic carbocycles. The molecule has 3 heterocycles. The second-order valence-corrected chi connectivity index (χ2v) is 5.57. The van der Waals surface area contributed by atoms with E-state index in [1.807, 2.05) is 0 Å². The van der Waals surface area contributed by atoms with Gasteiger partial charge in [0.1, 0.15) is 12.8 Å². The van der Waals surface area contributed by atoms with Gasteiger partial charge in [0, 0.05) is 38.6 Å². The molecule has 0 aliphatic carbocycles. The van der Waals surface area contributed by atoms with E-state index in [9.17, 15) is 14.4 Å². The summed E-state index contributed by atoms with van der Waals surface area (Å²) in [5.41, 5.74) is 0.0640. The molecule has 2 aromatic rings. The number of furan rings is 1. The summed E-state index contributed by atoms with van der Waals surface area (Å²) in [7, 11) is 0. The van der Waals surface area contributed by atoms with E-state index in [1.165, 1.54) is 23.3 Å². The predicted molar refractivity (Wildman–Crippen MR) is 84.3 cm³/mol. The van der Waals surface area contributed by atoms with Crippen molar-refractivity contribution in [1.82, 2.24) is 19.4 Å². The average Bonchev–Trinajstić information content (AvgIpc) is 3.00. The van der Waals surface area contributed by atoms with Crippen LogP contribution in [0.15, 0.2) is 46.3 Å². The topological polar surface area (TPSA) is 88.7 Å². The first-order valence-electron chi connectivity index (χ1n) is 7.76. The molecule has 1 aliphatic heterocycles. The van der Waals surface area contributed by atoms with Crippen LogP contribution in [0.3, 0.4) is 0 Å². The summed E-state index contributed by atoms with van der Waals surface area (Å²) >= 11 is 0. The quantitative estimate of drug-likeness (QED) is 0.803. The number of carbonyl (C=O) groups is 2. The fraction of sp³-hybridized carbons (Fsp3) is 0.375. The van der Waals surface area contributed by atoms with E-state index in [-0.39, 0.29) is 18.4 Å². The zero-order valence-electron chi connectivity index (χ0n) is 13.1. The van der Waals surface area contributed by atoms with E-state index in [1.54, 1.807) is 28.1 Å². The van der Waals surface area contributed by atoms with Crippen molar-refractivity contribution in [2.45, 2.75) is 13.0 Å². The molecule has 1 aliphatic rings. The number of rotatable bonds is 3. The van der Waals surface area contributed by atoms with Crippen molar-refractivity contribution >= 4 is 11.8 Å². The highest BCUT2D eigenvalue weighted by Crippen LogP contribution is 2.10. The number of amides is 2. The van der Waals surface area contributed by atoms with Crippen LogP contribution in [0.1, 0.15) is 16.8 Å². The average molecular weight is 330 g/mol. The van der Waals surface area contributed by atoms with Gasteiger partial charge in [0.15, 0.2) is 0 Å². The van der Waals surface area contributed by atoms with Crippen LogP contribution in [-0.2, 0) is 11.3 Å². The second-order valence-electron chi connectivity index (χ2n) is 5.57. The minimum Gasteiger partial charge on any atom is -0.472 e. The molecule has 0 bridgehead atoms. The summed E-state index contributed by atoms with van der Waals surface area (Å²) in [6.45, 7) is 2.00. The summed E-state index contributed by atoms with van der Waals surface area (Å²) in [6, 6.07) is 3.24. The fourth-order valence-electron chi connectivity index (χ4n) is 2.69. The third kappa shape index (κ3) is 3.53. The molecule has 1 saturated heterocycles. The summed E-state index contributed by atoms with van der Waals surface area (Å²) in [5, 5.41) is 0. The number of carbonyl (C=O) groups excluding carboxylic acids is 2. The smallest absolute Gasteiger partial charge is 0.347 e. The van der Waals surface area contributed by atoms with Gasteiger partial charge in [-0.2, -0.15) is 0 Å². The monoisotopic (exact) mass is 330 g/mol. The van der Waals surface area contributed by atoms with Gasteiger partial charge in [0.25, 0.3) is 5.91 Å². The van der Waals surface area contributed by atoms with E-state index in [2.05, 4.69) is 4.98 Å². The molecule has 0 unspecified atom stereocenters. The van der Waals surface area contributed by atoms with Gasteiger partial charge in [-0.15, -0.1) is 0 Å². The molecule has 3 rings (SSSR count). The Kier molecular flexibility index (Phi) is 4.74. The zero-order chi connectivity index (χ0) is 16.9. The van der Waals surface area contributed by atoms with Gasteiger partial charge in [0.2, 0.25) is 5.91 Å². The van der Waals surface area contributed by atoms with Crippen molar-refractivity contribution in [3.05, 3.63) is 53.1 Å². The van der Waals surface area contributed by atoms with E-state index >= 15 is 0 Å². The lowest BCUT2D eigenvalue weighted by Crippen LogP contribution is -2.40. The Labute approximate surface area is 138 Å². The maximum Gasteiger partial charge on any atom is 0.347 e. The normalized spacial score (nSPS) is 15.2. The Hall–Kier alpha value is -2.90. The number of nitrogens with zero attached hydrogens (tertiary/aromatic N) is 4. The molecule has 8 nitrogen and oxygen atoms in total. The van der Waals surface area contributed by atoms with Gasteiger partial charge in [-0.3, -0.25) is 14.2 Å². The van der Waals surface area contributed by atoms with Gasteiger partial charge >= 0.3 is 5.69 Å². The molecular formula is C16H18N4O4. The molecule has 1 fully saturated rings. The van der Waals surface area contributed by atoms with Crippen molar-refractivity contribution in [1.29, 1.82) is 0 Å². The lowest BCUT2D eigenvalue weighted by Gasteiger charge is -2.22. The van der Waals surface area contributed by atoms with Gasteiger partial charge in [0.05, 0.1) is 11.8 Å². The SMILES string of the molecule is O=C(Cn1cccnc1=O)N1CCCN(C(=O)c2ccoc2)CC1. The van der Waals surface area contributed by atoms with E-state index in [0.717, 1.165) is 0 Å². The fourth-order valence-corrected chi connectivity index (χ4v) is 2.69. The van der Waals surface area contributed by atoms with Crippen molar-refractivity contribution in [2.75, 3.05) is 26.2 Å². The molecule has 2 aromatic heterocycles. The van der Waals surface area contributed by atoms with Crippen LogP contribution < -0.4 is 5.69 Å². The lowest BCUT2D eigenvalue weighted by atomic mass is 10.3. The summed E-state index contributed by atoms with van der Waals surface area (Å²) in [6.07, 6.45) is 6.52. The van der Waals surface area contributed by atoms with Crippen molar-refractivity contribution in [3.8, 4) is 0 Å². The molecule has 0 N–H and O–H groups in total. The van der Waals surface area contributed by atoms with E-state index < -0.39 is 5.69 Å². The number of hydrogen-bond donors (Lipinski definition) is 0. The van der Waals surface area contributed by atoms with Crippen LogP contribution in [-0.4, -0.2) is 57.3 Å². The summed E-state index contributed by atoms with van der Waals surface area (Å²) in [4.78, 5) is 43.4. The Morgan fingerprint density at radius 3 is 2.71 bits per heavy atom. The van der Waals surface area contributed by atoms with E-state index in [0.29, 0.717) is 38.2 Å². The molecule has 8 heteroatoms. The minimum atomic E-state index is -0.447. The molecule has 126 valence electrons. The van der Waals surface area contributed by atoms with Crippen LogP contribution in [0.25, 0.3) is 0 Å².